The number of nitrogens with two attached hydrogens (primary N) is 1. The van der Waals surface area contributed by atoms with Crippen molar-refractivity contribution in [2.45, 2.75) is 64.1 Å². The first kappa shape index (κ1) is 14.5. The minimum absolute atomic E-state index is 0.0180. The van der Waals surface area contributed by atoms with E-state index in [1.807, 2.05) is 13.8 Å². The Hall–Kier alpha value is -0.610. The molecule has 1 fully saturated rings. The summed E-state index contributed by atoms with van der Waals surface area (Å²) in [4.78, 5) is 13.7. The topological polar surface area (TPSA) is 66.6 Å². The Kier molecular flexibility index (Phi) is 5.40. The van der Waals surface area contributed by atoms with Crippen LogP contribution in [0, 0.1) is 5.92 Å². The van der Waals surface area contributed by atoms with Gasteiger partial charge in [0.05, 0.1) is 12.1 Å². The molecule has 0 bridgehead atoms. The second kappa shape index (κ2) is 6.36. The second-order valence-corrected chi connectivity index (χ2v) is 5.54. The van der Waals surface area contributed by atoms with E-state index in [1.165, 1.54) is 0 Å². The van der Waals surface area contributed by atoms with Crippen LogP contribution >= 0.6 is 0 Å². The standard InChI is InChI=1S/C13H26N2O2/c1-9(2)10(14)8-13(17)15(3)11-6-4-5-7-12(11)16/h9-12,16H,4-8,14H2,1-3H3. The molecule has 0 aromatic heterocycles. The minimum atomic E-state index is -0.368. The Morgan fingerprint density at radius 1 is 1.41 bits per heavy atom. The maximum absolute atomic E-state index is 12.0. The zero-order valence-electron chi connectivity index (χ0n) is 11.2. The molecule has 0 radical (unpaired) electrons. The lowest BCUT2D eigenvalue weighted by Gasteiger charge is -2.35. The molecular formula is C13H26N2O2. The molecule has 1 aliphatic rings. The molecule has 1 amide bonds. The Balaban J connectivity index is 2.50. The number of aliphatic hydroxyl groups excluding tert-OH is 1. The van der Waals surface area contributed by atoms with Crippen molar-refractivity contribution in [2.75, 3.05) is 7.05 Å². The molecule has 0 heterocycles. The second-order valence-electron chi connectivity index (χ2n) is 5.54. The van der Waals surface area contributed by atoms with Crippen molar-refractivity contribution in [2.24, 2.45) is 11.7 Å². The van der Waals surface area contributed by atoms with Crippen LogP contribution in [0.2, 0.25) is 0 Å². The van der Waals surface area contributed by atoms with Crippen LogP contribution < -0.4 is 5.73 Å². The fourth-order valence-electron chi connectivity index (χ4n) is 2.31. The van der Waals surface area contributed by atoms with E-state index in [0.29, 0.717) is 12.3 Å². The summed E-state index contributed by atoms with van der Waals surface area (Å²) in [5.74, 6) is 0.362. The first-order chi connectivity index (χ1) is 7.93. The number of likely N-dealkylation sites (N-methyl/N-ethyl adjacent to an activating group) is 1. The van der Waals surface area contributed by atoms with E-state index in [0.717, 1.165) is 25.7 Å². The number of amides is 1. The van der Waals surface area contributed by atoms with Gasteiger partial charge in [-0.25, -0.2) is 0 Å². The van der Waals surface area contributed by atoms with Crippen molar-refractivity contribution in [3.63, 3.8) is 0 Å². The normalized spacial score (nSPS) is 26.9. The molecule has 4 heteroatoms. The van der Waals surface area contributed by atoms with Crippen LogP contribution in [0.4, 0.5) is 0 Å². The van der Waals surface area contributed by atoms with Gasteiger partial charge in [-0.1, -0.05) is 26.7 Å². The monoisotopic (exact) mass is 242 g/mol. The Labute approximate surface area is 104 Å². The molecule has 0 spiro atoms. The molecule has 0 aromatic carbocycles. The van der Waals surface area contributed by atoms with Gasteiger partial charge in [-0.05, 0) is 18.8 Å². The van der Waals surface area contributed by atoms with Crippen molar-refractivity contribution in [1.82, 2.24) is 4.90 Å². The number of hydrogen-bond donors (Lipinski definition) is 2. The molecule has 3 unspecified atom stereocenters. The zero-order valence-corrected chi connectivity index (χ0v) is 11.2. The molecule has 1 aliphatic carbocycles. The van der Waals surface area contributed by atoms with Crippen molar-refractivity contribution in [3.05, 3.63) is 0 Å². The van der Waals surface area contributed by atoms with Gasteiger partial charge in [-0.15, -0.1) is 0 Å². The van der Waals surface area contributed by atoms with E-state index < -0.39 is 0 Å². The van der Waals surface area contributed by atoms with Gasteiger partial charge < -0.3 is 15.7 Å². The van der Waals surface area contributed by atoms with Crippen molar-refractivity contribution in [1.29, 1.82) is 0 Å². The van der Waals surface area contributed by atoms with E-state index in [4.69, 9.17) is 5.73 Å². The van der Waals surface area contributed by atoms with Gasteiger partial charge in [0, 0.05) is 19.5 Å². The van der Waals surface area contributed by atoms with Crippen LogP contribution in [-0.4, -0.2) is 41.1 Å². The number of rotatable bonds is 4. The van der Waals surface area contributed by atoms with Crippen LogP contribution in [0.3, 0.4) is 0 Å². The summed E-state index contributed by atoms with van der Waals surface area (Å²) in [7, 11) is 1.79. The highest BCUT2D eigenvalue weighted by Gasteiger charge is 2.29. The maximum Gasteiger partial charge on any atom is 0.224 e. The molecule has 0 aromatic rings. The molecule has 17 heavy (non-hydrogen) atoms. The molecule has 0 aliphatic heterocycles. The predicted molar refractivity (Wildman–Crippen MR) is 68.5 cm³/mol. The van der Waals surface area contributed by atoms with Crippen LogP contribution in [0.25, 0.3) is 0 Å². The Bertz CT molecular complexity index is 256. The summed E-state index contributed by atoms with van der Waals surface area (Å²) in [6, 6.07) is -0.110. The molecule has 0 saturated heterocycles. The van der Waals surface area contributed by atoms with E-state index in [2.05, 4.69) is 0 Å². The first-order valence-corrected chi connectivity index (χ1v) is 6.62. The summed E-state index contributed by atoms with van der Waals surface area (Å²) in [6.45, 7) is 4.04. The molecule has 3 atom stereocenters. The average molecular weight is 242 g/mol. The molecule has 1 rings (SSSR count). The predicted octanol–water partition coefficient (Wildman–Crippen LogP) is 1.12. The van der Waals surface area contributed by atoms with E-state index in [1.54, 1.807) is 11.9 Å². The third-order valence-corrected chi connectivity index (χ3v) is 3.85. The zero-order chi connectivity index (χ0) is 13.0. The van der Waals surface area contributed by atoms with Crippen LogP contribution in [0.15, 0.2) is 0 Å². The highest BCUT2D eigenvalue weighted by molar-refractivity contribution is 5.77. The van der Waals surface area contributed by atoms with Crippen molar-refractivity contribution < 1.29 is 9.90 Å². The van der Waals surface area contributed by atoms with Crippen LogP contribution in [0.1, 0.15) is 46.0 Å². The van der Waals surface area contributed by atoms with Gasteiger partial charge in [0.25, 0.3) is 0 Å². The third kappa shape index (κ3) is 3.96. The van der Waals surface area contributed by atoms with Gasteiger partial charge in [0.15, 0.2) is 0 Å². The molecule has 4 nitrogen and oxygen atoms in total. The van der Waals surface area contributed by atoms with E-state index in [-0.39, 0.29) is 24.1 Å². The molecular weight excluding hydrogens is 216 g/mol. The first-order valence-electron chi connectivity index (χ1n) is 6.62. The summed E-state index contributed by atoms with van der Waals surface area (Å²) >= 11 is 0. The summed E-state index contributed by atoms with van der Waals surface area (Å²) in [5, 5.41) is 9.91. The summed E-state index contributed by atoms with van der Waals surface area (Å²) < 4.78 is 0. The highest BCUT2D eigenvalue weighted by Crippen LogP contribution is 2.23. The molecule has 100 valence electrons. The fraction of sp³-hybridized carbons (Fsp3) is 0.923. The van der Waals surface area contributed by atoms with Gasteiger partial charge in [-0.3, -0.25) is 4.79 Å². The lowest BCUT2D eigenvalue weighted by atomic mass is 9.91. The Morgan fingerprint density at radius 3 is 2.53 bits per heavy atom. The fourth-order valence-corrected chi connectivity index (χ4v) is 2.31. The quantitative estimate of drug-likeness (QED) is 0.776. The summed E-state index contributed by atoms with van der Waals surface area (Å²) in [6.07, 6.45) is 3.87. The number of aliphatic hydroxyl groups is 1. The maximum atomic E-state index is 12.0. The highest BCUT2D eigenvalue weighted by atomic mass is 16.3. The number of carbonyl (C=O) groups is 1. The average Bonchev–Trinajstić information content (AvgIpc) is 2.28. The van der Waals surface area contributed by atoms with Crippen molar-refractivity contribution in [3.8, 4) is 0 Å². The molecule has 3 N–H and O–H groups in total. The van der Waals surface area contributed by atoms with E-state index >= 15 is 0 Å². The van der Waals surface area contributed by atoms with Gasteiger partial charge >= 0.3 is 0 Å². The van der Waals surface area contributed by atoms with E-state index in [9.17, 15) is 9.90 Å². The number of nitrogens with zero attached hydrogens (tertiary/aromatic N) is 1. The van der Waals surface area contributed by atoms with Crippen LogP contribution in [0.5, 0.6) is 0 Å². The lowest BCUT2D eigenvalue weighted by Crippen LogP contribution is -2.48. The minimum Gasteiger partial charge on any atom is -0.391 e. The SMILES string of the molecule is CC(C)C(N)CC(=O)N(C)C1CCCCC1O. The lowest BCUT2D eigenvalue weighted by molar-refractivity contribution is -0.136. The summed E-state index contributed by atoms with van der Waals surface area (Å²) in [5.41, 5.74) is 5.91. The van der Waals surface area contributed by atoms with Crippen molar-refractivity contribution >= 4 is 5.91 Å². The molecule has 1 saturated carbocycles. The number of hydrogen-bond acceptors (Lipinski definition) is 3. The van der Waals surface area contributed by atoms with Gasteiger partial charge in [-0.2, -0.15) is 0 Å². The largest absolute Gasteiger partial charge is 0.391 e. The van der Waals surface area contributed by atoms with Gasteiger partial charge in [0.2, 0.25) is 5.91 Å². The smallest absolute Gasteiger partial charge is 0.224 e. The third-order valence-electron chi connectivity index (χ3n) is 3.85. The Morgan fingerprint density at radius 2 is 2.00 bits per heavy atom. The number of carbonyl (C=O) groups excluding carboxylic acids is 1. The van der Waals surface area contributed by atoms with Crippen LogP contribution in [-0.2, 0) is 4.79 Å². The van der Waals surface area contributed by atoms with Gasteiger partial charge in [0.1, 0.15) is 0 Å².